The van der Waals surface area contributed by atoms with Crippen LogP contribution in [0.5, 0.6) is 0 Å². The van der Waals surface area contributed by atoms with Crippen LogP contribution in [0.3, 0.4) is 0 Å². The summed E-state index contributed by atoms with van der Waals surface area (Å²) in [5, 5.41) is 0.256. The molecule has 0 amide bonds. The Morgan fingerprint density at radius 2 is 1.85 bits per heavy atom. The van der Waals surface area contributed by atoms with Gasteiger partial charge in [-0.1, -0.05) is 13.8 Å². The largest absolute Gasteiger partial charge is 0.375 e. The number of ether oxygens (including phenoxy) is 1. The Balaban J connectivity index is 3.71. The lowest BCUT2D eigenvalue weighted by molar-refractivity contribution is -0.0166. The average molecular weight is 200 g/mol. The predicted molar refractivity (Wildman–Crippen MR) is 61.9 cm³/mol. The lowest BCUT2D eigenvalue weighted by Gasteiger charge is -2.25. The van der Waals surface area contributed by atoms with Crippen molar-refractivity contribution in [3.8, 4) is 12.3 Å². The molecule has 13 heavy (non-hydrogen) atoms. The van der Waals surface area contributed by atoms with Crippen LogP contribution in [0.15, 0.2) is 0 Å². The van der Waals surface area contributed by atoms with Gasteiger partial charge < -0.3 is 4.74 Å². The summed E-state index contributed by atoms with van der Waals surface area (Å²) in [7, 11) is 2.81. The van der Waals surface area contributed by atoms with Gasteiger partial charge in [-0.3, -0.25) is 0 Å². The molecule has 0 aliphatic heterocycles. The van der Waals surface area contributed by atoms with Gasteiger partial charge >= 0.3 is 0 Å². The monoisotopic (exact) mass is 200 g/mol. The van der Waals surface area contributed by atoms with Crippen molar-refractivity contribution >= 4 is 9.24 Å². The van der Waals surface area contributed by atoms with E-state index in [2.05, 4.69) is 29.0 Å². The molecule has 0 aliphatic carbocycles. The highest BCUT2D eigenvalue weighted by atomic mass is 31.0. The quantitative estimate of drug-likeness (QED) is 0.490. The van der Waals surface area contributed by atoms with Crippen LogP contribution in [0.1, 0.15) is 40.5 Å². The minimum atomic E-state index is -0.176. The van der Waals surface area contributed by atoms with E-state index in [-0.39, 0.29) is 10.8 Å². The van der Waals surface area contributed by atoms with Gasteiger partial charge in [0.05, 0.1) is 5.60 Å². The van der Waals surface area contributed by atoms with Crippen LogP contribution in [0.25, 0.3) is 0 Å². The number of terminal acetylenes is 1. The van der Waals surface area contributed by atoms with Crippen molar-refractivity contribution < 1.29 is 4.74 Å². The Bertz CT molecular complexity index is 183. The Hall–Kier alpha value is -0.0500. The zero-order valence-corrected chi connectivity index (χ0v) is 10.3. The molecule has 76 valence electrons. The fraction of sp³-hybridized carbons (Fsp3) is 0.818. The Kier molecular flexibility index (Phi) is 4.97. The van der Waals surface area contributed by atoms with Crippen molar-refractivity contribution in [2.75, 3.05) is 6.61 Å². The normalized spacial score (nSPS) is 12.6. The van der Waals surface area contributed by atoms with Crippen LogP contribution < -0.4 is 0 Å². The number of hydrogen-bond donors (Lipinski definition) is 0. The molecule has 0 saturated carbocycles. The van der Waals surface area contributed by atoms with Crippen molar-refractivity contribution in [3.63, 3.8) is 0 Å². The maximum absolute atomic E-state index is 5.69. The molecule has 0 radical (unpaired) electrons. The molecule has 0 heterocycles. The molecule has 0 rings (SSSR count). The zero-order valence-electron chi connectivity index (χ0n) is 9.18. The molecule has 1 atom stereocenters. The van der Waals surface area contributed by atoms with Gasteiger partial charge in [-0.05, 0) is 25.4 Å². The Morgan fingerprint density at radius 3 is 2.23 bits per heavy atom. The highest BCUT2D eigenvalue weighted by molar-refractivity contribution is 7.18. The highest BCUT2D eigenvalue weighted by Crippen LogP contribution is 2.22. The van der Waals surface area contributed by atoms with E-state index in [9.17, 15) is 0 Å². The van der Waals surface area contributed by atoms with Crippen LogP contribution in [0, 0.1) is 12.3 Å². The standard InChI is InChI=1S/C11H21OP/c1-6-7-10(2,3)12-9-8-11(4,5)13/h1H,7-9,13H2,2-5H3. The minimum absolute atomic E-state index is 0.176. The molecule has 0 N–H and O–H groups in total. The van der Waals surface area contributed by atoms with Crippen molar-refractivity contribution in [1.82, 2.24) is 0 Å². The van der Waals surface area contributed by atoms with Crippen LogP contribution in [-0.4, -0.2) is 17.4 Å². The van der Waals surface area contributed by atoms with Crippen molar-refractivity contribution in [2.45, 2.75) is 51.3 Å². The topological polar surface area (TPSA) is 9.23 Å². The summed E-state index contributed by atoms with van der Waals surface area (Å²) < 4.78 is 5.69. The fourth-order valence-electron chi connectivity index (χ4n) is 0.887. The molecule has 1 unspecified atom stereocenters. The van der Waals surface area contributed by atoms with Gasteiger partial charge in [0.1, 0.15) is 0 Å². The summed E-state index contributed by atoms with van der Waals surface area (Å²) in [4.78, 5) is 0. The van der Waals surface area contributed by atoms with Gasteiger partial charge in [-0.15, -0.1) is 21.6 Å². The highest BCUT2D eigenvalue weighted by Gasteiger charge is 2.18. The molecule has 0 bridgehead atoms. The summed E-state index contributed by atoms with van der Waals surface area (Å²) in [5.41, 5.74) is -0.176. The molecule has 0 spiro atoms. The van der Waals surface area contributed by atoms with E-state index in [1.54, 1.807) is 0 Å². The third-order valence-corrected chi connectivity index (χ3v) is 2.06. The minimum Gasteiger partial charge on any atom is -0.375 e. The van der Waals surface area contributed by atoms with Gasteiger partial charge in [0.2, 0.25) is 0 Å². The summed E-state index contributed by atoms with van der Waals surface area (Å²) >= 11 is 0. The van der Waals surface area contributed by atoms with Crippen molar-refractivity contribution in [3.05, 3.63) is 0 Å². The molecule has 0 aromatic rings. The first-order valence-electron chi connectivity index (χ1n) is 4.63. The SMILES string of the molecule is C#CCC(C)(C)OCCC(C)(C)P. The number of hydrogen-bond acceptors (Lipinski definition) is 1. The maximum atomic E-state index is 5.69. The van der Waals surface area contributed by atoms with Crippen LogP contribution in [0.4, 0.5) is 0 Å². The summed E-state index contributed by atoms with van der Waals surface area (Å²) in [5.74, 6) is 2.63. The van der Waals surface area contributed by atoms with Crippen LogP contribution in [-0.2, 0) is 4.74 Å². The second-order valence-corrected chi connectivity index (χ2v) is 6.29. The predicted octanol–water partition coefficient (Wildman–Crippen LogP) is 2.85. The number of rotatable bonds is 5. The second-order valence-electron chi connectivity index (χ2n) is 4.73. The first-order chi connectivity index (χ1) is 5.77. The fourth-order valence-corrected chi connectivity index (χ4v) is 1.01. The Morgan fingerprint density at radius 1 is 1.31 bits per heavy atom. The van der Waals surface area contributed by atoms with Gasteiger partial charge in [-0.25, -0.2) is 0 Å². The lowest BCUT2D eigenvalue weighted by atomic mass is 10.1. The molecule has 0 aromatic heterocycles. The maximum Gasteiger partial charge on any atom is 0.0735 e. The third-order valence-electron chi connectivity index (χ3n) is 1.77. The van der Waals surface area contributed by atoms with E-state index >= 15 is 0 Å². The Labute approximate surface area is 84.8 Å². The summed E-state index contributed by atoms with van der Waals surface area (Å²) in [6.45, 7) is 9.18. The molecular weight excluding hydrogens is 179 g/mol. The third kappa shape index (κ3) is 8.28. The molecule has 0 aliphatic rings. The molecule has 0 fully saturated rings. The molecule has 2 heteroatoms. The van der Waals surface area contributed by atoms with Gasteiger partial charge in [0.25, 0.3) is 0 Å². The molecule has 0 saturated heterocycles. The van der Waals surface area contributed by atoms with E-state index in [1.165, 1.54) is 0 Å². The lowest BCUT2D eigenvalue weighted by Crippen LogP contribution is -2.26. The average Bonchev–Trinajstić information content (AvgIpc) is 1.82. The smallest absolute Gasteiger partial charge is 0.0735 e. The van der Waals surface area contributed by atoms with E-state index < -0.39 is 0 Å². The van der Waals surface area contributed by atoms with Gasteiger partial charge in [-0.2, -0.15) is 0 Å². The van der Waals surface area contributed by atoms with Crippen molar-refractivity contribution in [1.29, 1.82) is 0 Å². The van der Waals surface area contributed by atoms with E-state index in [0.29, 0.717) is 6.42 Å². The van der Waals surface area contributed by atoms with E-state index in [0.717, 1.165) is 13.0 Å². The first kappa shape index (κ1) is 12.9. The second kappa shape index (κ2) is 4.99. The summed E-state index contributed by atoms with van der Waals surface area (Å²) in [6.07, 6.45) is 6.94. The van der Waals surface area contributed by atoms with Crippen LogP contribution >= 0.6 is 9.24 Å². The van der Waals surface area contributed by atoms with Crippen LogP contribution in [0.2, 0.25) is 0 Å². The van der Waals surface area contributed by atoms with Gasteiger partial charge in [0, 0.05) is 13.0 Å². The molecule has 0 aromatic carbocycles. The van der Waals surface area contributed by atoms with Crippen molar-refractivity contribution in [2.24, 2.45) is 0 Å². The zero-order chi connectivity index (χ0) is 10.5. The van der Waals surface area contributed by atoms with E-state index in [4.69, 9.17) is 11.2 Å². The van der Waals surface area contributed by atoms with E-state index in [1.807, 2.05) is 13.8 Å². The molecule has 1 nitrogen and oxygen atoms in total. The van der Waals surface area contributed by atoms with Gasteiger partial charge in [0.15, 0.2) is 0 Å². The molecular formula is C11H21OP. The summed E-state index contributed by atoms with van der Waals surface area (Å²) in [6, 6.07) is 0. The first-order valence-corrected chi connectivity index (χ1v) is 5.21.